The normalized spacial score (nSPS) is 25.1. The van der Waals surface area contributed by atoms with Crippen molar-refractivity contribution in [3.05, 3.63) is 40.3 Å². The number of hydrogen-bond donors (Lipinski definition) is 2. The van der Waals surface area contributed by atoms with Crippen LogP contribution in [0.5, 0.6) is 0 Å². The fourth-order valence-electron chi connectivity index (χ4n) is 3.10. The van der Waals surface area contributed by atoms with E-state index in [1.807, 2.05) is 12.1 Å². The van der Waals surface area contributed by atoms with Crippen LogP contribution in [0.4, 0.5) is 0 Å². The second kappa shape index (κ2) is 5.58. The van der Waals surface area contributed by atoms with Gasteiger partial charge in [0.15, 0.2) is 0 Å². The van der Waals surface area contributed by atoms with Gasteiger partial charge < -0.3 is 10.3 Å². The lowest BCUT2D eigenvalue weighted by molar-refractivity contribution is 0.103. The number of fused-ring (bicyclic) bond motifs is 1. The van der Waals surface area contributed by atoms with Gasteiger partial charge in [-0.05, 0) is 38.5 Å². The van der Waals surface area contributed by atoms with Crippen LogP contribution in [-0.4, -0.2) is 40.0 Å². The average molecular weight is 286 g/mol. The Labute approximate surface area is 124 Å². The summed E-state index contributed by atoms with van der Waals surface area (Å²) in [5.74, 6) is 0. The summed E-state index contributed by atoms with van der Waals surface area (Å²) in [6, 6.07) is 7.46. The SMILES string of the molecule is CC(c1ccc2ncc(=O)[nH]c2c1)N1C[C@H](C)NC[C@H]1C. The largest absolute Gasteiger partial charge is 0.319 e. The van der Waals surface area contributed by atoms with Gasteiger partial charge in [-0.1, -0.05) is 6.07 Å². The van der Waals surface area contributed by atoms with Crippen molar-refractivity contribution in [1.82, 2.24) is 20.2 Å². The Morgan fingerprint density at radius 1 is 1.38 bits per heavy atom. The summed E-state index contributed by atoms with van der Waals surface area (Å²) >= 11 is 0. The second-order valence-electron chi connectivity index (χ2n) is 6.06. The molecule has 0 bridgehead atoms. The molecule has 0 spiro atoms. The quantitative estimate of drug-likeness (QED) is 0.881. The van der Waals surface area contributed by atoms with Crippen LogP contribution in [0.1, 0.15) is 32.4 Å². The number of nitrogens with one attached hydrogen (secondary N) is 2. The molecule has 1 aromatic heterocycles. The second-order valence-corrected chi connectivity index (χ2v) is 6.06. The summed E-state index contributed by atoms with van der Waals surface area (Å²) in [5, 5.41) is 3.51. The van der Waals surface area contributed by atoms with E-state index in [9.17, 15) is 4.79 Å². The predicted molar refractivity (Wildman–Crippen MR) is 84.4 cm³/mol. The molecule has 1 aliphatic rings. The Morgan fingerprint density at radius 2 is 2.19 bits per heavy atom. The smallest absolute Gasteiger partial charge is 0.266 e. The maximum Gasteiger partial charge on any atom is 0.266 e. The highest BCUT2D eigenvalue weighted by Gasteiger charge is 2.27. The molecule has 0 saturated carbocycles. The topological polar surface area (TPSA) is 61.0 Å². The highest BCUT2D eigenvalue weighted by molar-refractivity contribution is 5.74. The van der Waals surface area contributed by atoms with Crippen LogP contribution in [-0.2, 0) is 0 Å². The number of aromatic nitrogens is 2. The van der Waals surface area contributed by atoms with Gasteiger partial charge in [-0.2, -0.15) is 0 Å². The van der Waals surface area contributed by atoms with Crippen LogP contribution in [0.25, 0.3) is 11.0 Å². The number of hydrogen-bond acceptors (Lipinski definition) is 4. The molecule has 5 heteroatoms. The van der Waals surface area contributed by atoms with Gasteiger partial charge in [0.25, 0.3) is 5.56 Å². The Balaban J connectivity index is 1.93. The van der Waals surface area contributed by atoms with Crippen molar-refractivity contribution in [1.29, 1.82) is 0 Å². The number of benzene rings is 1. The molecule has 21 heavy (non-hydrogen) atoms. The lowest BCUT2D eigenvalue weighted by atomic mass is 10.0. The van der Waals surface area contributed by atoms with E-state index in [0.717, 1.165) is 24.1 Å². The van der Waals surface area contributed by atoms with Crippen LogP contribution in [0.2, 0.25) is 0 Å². The summed E-state index contributed by atoms with van der Waals surface area (Å²) in [4.78, 5) is 20.9. The minimum atomic E-state index is -0.156. The molecule has 1 aliphatic heterocycles. The molecule has 3 atom stereocenters. The van der Waals surface area contributed by atoms with Gasteiger partial charge in [0.2, 0.25) is 0 Å². The average Bonchev–Trinajstić information content (AvgIpc) is 2.48. The standard InChI is InChI=1S/C16H22N4O/c1-10-9-20(11(2)7-17-10)12(3)13-4-5-14-15(6-13)19-16(21)8-18-14/h4-6,8,10-12,17H,7,9H2,1-3H3,(H,19,21)/t10-,11+,12?/m0/s1. The first-order valence-electron chi connectivity index (χ1n) is 7.52. The first kappa shape index (κ1) is 14.2. The summed E-state index contributed by atoms with van der Waals surface area (Å²) in [6.45, 7) is 8.73. The van der Waals surface area contributed by atoms with Crippen molar-refractivity contribution in [2.45, 2.75) is 38.9 Å². The molecule has 0 amide bonds. The molecule has 2 heterocycles. The Kier molecular flexibility index (Phi) is 3.78. The Bertz CT molecular complexity index is 696. The highest BCUT2D eigenvalue weighted by Crippen LogP contribution is 2.26. The first-order chi connectivity index (χ1) is 10.0. The zero-order valence-electron chi connectivity index (χ0n) is 12.8. The van der Waals surface area contributed by atoms with Crippen LogP contribution < -0.4 is 10.9 Å². The third-order valence-electron chi connectivity index (χ3n) is 4.39. The Morgan fingerprint density at radius 3 is 3.00 bits per heavy atom. The maximum atomic E-state index is 11.4. The summed E-state index contributed by atoms with van der Waals surface area (Å²) < 4.78 is 0. The summed E-state index contributed by atoms with van der Waals surface area (Å²) in [6.07, 6.45) is 1.32. The first-order valence-corrected chi connectivity index (χ1v) is 7.52. The zero-order chi connectivity index (χ0) is 15.0. The molecule has 2 N–H and O–H groups in total. The number of piperazine rings is 1. The van der Waals surface area contributed by atoms with E-state index in [0.29, 0.717) is 18.1 Å². The molecule has 112 valence electrons. The van der Waals surface area contributed by atoms with Gasteiger partial charge in [0, 0.05) is 31.2 Å². The van der Waals surface area contributed by atoms with E-state index in [-0.39, 0.29) is 5.56 Å². The monoisotopic (exact) mass is 286 g/mol. The van der Waals surface area contributed by atoms with Crippen LogP contribution in [0, 0.1) is 0 Å². The highest BCUT2D eigenvalue weighted by atomic mass is 16.1. The predicted octanol–water partition coefficient (Wildman–Crippen LogP) is 1.67. The summed E-state index contributed by atoms with van der Waals surface area (Å²) in [5.41, 5.74) is 2.69. The molecular weight excluding hydrogens is 264 g/mol. The van der Waals surface area contributed by atoms with Crippen LogP contribution in [0.15, 0.2) is 29.2 Å². The van der Waals surface area contributed by atoms with E-state index >= 15 is 0 Å². The molecule has 3 rings (SSSR count). The lowest BCUT2D eigenvalue weighted by Gasteiger charge is -2.41. The van der Waals surface area contributed by atoms with E-state index < -0.39 is 0 Å². The summed E-state index contributed by atoms with van der Waals surface area (Å²) in [7, 11) is 0. The number of nitrogens with zero attached hydrogens (tertiary/aromatic N) is 2. The van der Waals surface area contributed by atoms with E-state index in [1.54, 1.807) is 0 Å². The van der Waals surface area contributed by atoms with Gasteiger partial charge in [-0.25, -0.2) is 4.98 Å². The molecule has 1 unspecified atom stereocenters. The fourth-order valence-corrected chi connectivity index (χ4v) is 3.10. The molecule has 0 aliphatic carbocycles. The van der Waals surface area contributed by atoms with Gasteiger partial charge in [-0.3, -0.25) is 9.69 Å². The molecule has 0 radical (unpaired) electrons. The van der Waals surface area contributed by atoms with Gasteiger partial charge in [0.05, 0.1) is 17.2 Å². The zero-order valence-corrected chi connectivity index (χ0v) is 12.8. The lowest BCUT2D eigenvalue weighted by Crippen LogP contribution is -2.54. The van der Waals surface area contributed by atoms with E-state index in [1.165, 1.54) is 11.8 Å². The Hall–Kier alpha value is -1.72. The van der Waals surface area contributed by atoms with Crippen molar-refractivity contribution in [2.75, 3.05) is 13.1 Å². The molecule has 1 fully saturated rings. The number of rotatable bonds is 2. The molecule has 2 aromatic rings. The van der Waals surface area contributed by atoms with Gasteiger partial charge in [-0.15, -0.1) is 0 Å². The fraction of sp³-hybridized carbons (Fsp3) is 0.500. The molecule has 5 nitrogen and oxygen atoms in total. The minimum absolute atomic E-state index is 0.156. The number of aromatic amines is 1. The van der Waals surface area contributed by atoms with Gasteiger partial charge >= 0.3 is 0 Å². The molecule has 1 aromatic carbocycles. The third-order valence-corrected chi connectivity index (χ3v) is 4.39. The van der Waals surface area contributed by atoms with Crippen LogP contribution >= 0.6 is 0 Å². The van der Waals surface area contributed by atoms with Crippen molar-refractivity contribution >= 4 is 11.0 Å². The molecule has 1 saturated heterocycles. The third kappa shape index (κ3) is 2.84. The maximum absolute atomic E-state index is 11.4. The minimum Gasteiger partial charge on any atom is -0.319 e. The van der Waals surface area contributed by atoms with Crippen molar-refractivity contribution < 1.29 is 0 Å². The van der Waals surface area contributed by atoms with E-state index in [4.69, 9.17) is 0 Å². The van der Waals surface area contributed by atoms with Gasteiger partial charge in [0.1, 0.15) is 0 Å². The van der Waals surface area contributed by atoms with E-state index in [2.05, 4.69) is 47.0 Å². The van der Waals surface area contributed by atoms with Crippen LogP contribution in [0.3, 0.4) is 0 Å². The van der Waals surface area contributed by atoms with Crippen molar-refractivity contribution in [3.63, 3.8) is 0 Å². The molecular formula is C16H22N4O. The number of H-pyrrole nitrogens is 1. The van der Waals surface area contributed by atoms with Crippen molar-refractivity contribution in [3.8, 4) is 0 Å². The van der Waals surface area contributed by atoms with Crippen molar-refractivity contribution in [2.24, 2.45) is 0 Å².